The predicted octanol–water partition coefficient (Wildman–Crippen LogP) is 4.40. The SMILES string of the molecule is CCC#CCCC(C/C=C/c1ccc(OC)cc1)(C(=O)OCC)C(=O)OCC. The van der Waals surface area contributed by atoms with E-state index in [1.165, 1.54) is 0 Å². The summed E-state index contributed by atoms with van der Waals surface area (Å²) < 4.78 is 15.6. The number of carbonyl (C=O) groups excluding carboxylic acids is 2. The van der Waals surface area contributed by atoms with Crippen LogP contribution in [-0.4, -0.2) is 32.3 Å². The van der Waals surface area contributed by atoms with E-state index < -0.39 is 17.4 Å². The van der Waals surface area contributed by atoms with Crippen LogP contribution >= 0.6 is 0 Å². The van der Waals surface area contributed by atoms with Gasteiger partial charge in [-0.25, -0.2) is 0 Å². The molecule has 1 aromatic rings. The van der Waals surface area contributed by atoms with E-state index in [1.807, 2.05) is 43.3 Å². The molecule has 5 nitrogen and oxygen atoms in total. The summed E-state index contributed by atoms with van der Waals surface area (Å²) in [5.74, 6) is 5.61. The Morgan fingerprint density at radius 3 is 2.11 bits per heavy atom. The van der Waals surface area contributed by atoms with Crippen LogP contribution < -0.4 is 4.74 Å². The van der Waals surface area contributed by atoms with Crippen LogP contribution in [-0.2, 0) is 19.1 Å². The van der Waals surface area contributed by atoms with Gasteiger partial charge in [0.25, 0.3) is 0 Å². The second-order valence-corrected chi connectivity index (χ2v) is 6.11. The molecule has 28 heavy (non-hydrogen) atoms. The van der Waals surface area contributed by atoms with E-state index in [4.69, 9.17) is 14.2 Å². The first-order valence-electron chi connectivity index (χ1n) is 9.64. The Balaban J connectivity index is 3.10. The lowest BCUT2D eigenvalue weighted by Gasteiger charge is -2.27. The topological polar surface area (TPSA) is 61.8 Å². The van der Waals surface area contributed by atoms with Crippen LogP contribution in [0.2, 0.25) is 0 Å². The number of ether oxygens (including phenoxy) is 3. The van der Waals surface area contributed by atoms with Crippen molar-refractivity contribution in [3.05, 3.63) is 35.9 Å². The van der Waals surface area contributed by atoms with E-state index in [9.17, 15) is 9.59 Å². The van der Waals surface area contributed by atoms with Gasteiger partial charge in [-0.05, 0) is 44.4 Å². The molecule has 0 radical (unpaired) electrons. The van der Waals surface area contributed by atoms with Crippen molar-refractivity contribution in [1.82, 2.24) is 0 Å². The number of rotatable bonds is 10. The van der Waals surface area contributed by atoms with Crippen molar-refractivity contribution in [2.45, 2.75) is 46.5 Å². The van der Waals surface area contributed by atoms with Gasteiger partial charge in [-0.15, -0.1) is 11.8 Å². The second-order valence-electron chi connectivity index (χ2n) is 6.11. The van der Waals surface area contributed by atoms with Gasteiger partial charge >= 0.3 is 11.9 Å². The van der Waals surface area contributed by atoms with Crippen LogP contribution in [0.5, 0.6) is 5.75 Å². The number of carbonyl (C=O) groups is 2. The Bertz CT molecular complexity index is 689. The highest BCUT2D eigenvalue weighted by Gasteiger charge is 2.47. The number of allylic oxidation sites excluding steroid dienone is 1. The lowest BCUT2D eigenvalue weighted by atomic mass is 9.79. The van der Waals surface area contributed by atoms with Gasteiger partial charge in [0.2, 0.25) is 0 Å². The van der Waals surface area contributed by atoms with E-state index in [-0.39, 0.29) is 26.1 Å². The molecule has 0 heterocycles. The minimum atomic E-state index is -1.39. The third kappa shape index (κ3) is 6.77. The van der Waals surface area contributed by atoms with Crippen LogP contribution in [0.4, 0.5) is 0 Å². The first kappa shape index (κ1) is 23.3. The molecule has 0 saturated carbocycles. The maximum absolute atomic E-state index is 12.7. The molecule has 152 valence electrons. The number of esters is 2. The normalized spacial score (nSPS) is 10.9. The molecule has 0 aliphatic rings. The van der Waals surface area contributed by atoms with E-state index in [2.05, 4.69) is 11.8 Å². The Morgan fingerprint density at radius 1 is 1.00 bits per heavy atom. The summed E-state index contributed by atoms with van der Waals surface area (Å²) in [5, 5.41) is 0. The van der Waals surface area contributed by atoms with Crippen molar-refractivity contribution in [2.75, 3.05) is 20.3 Å². The van der Waals surface area contributed by atoms with Crippen molar-refractivity contribution in [3.8, 4) is 17.6 Å². The third-order valence-corrected chi connectivity index (χ3v) is 4.20. The molecule has 0 aliphatic heterocycles. The Hall–Kier alpha value is -2.74. The highest BCUT2D eigenvalue weighted by atomic mass is 16.6. The van der Waals surface area contributed by atoms with E-state index in [0.29, 0.717) is 6.42 Å². The summed E-state index contributed by atoms with van der Waals surface area (Å²) in [7, 11) is 1.61. The highest BCUT2D eigenvalue weighted by Crippen LogP contribution is 2.33. The summed E-state index contributed by atoms with van der Waals surface area (Å²) in [6.07, 6.45) is 5.26. The van der Waals surface area contributed by atoms with E-state index in [0.717, 1.165) is 17.7 Å². The van der Waals surface area contributed by atoms with Crippen molar-refractivity contribution in [1.29, 1.82) is 0 Å². The number of methoxy groups -OCH3 is 1. The molecular formula is C23H30O5. The molecule has 1 rings (SSSR count). The highest BCUT2D eigenvalue weighted by molar-refractivity contribution is 6.00. The standard InChI is InChI=1S/C23H30O5/c1-5-8-9-10-17-23(21(24)27-6-2,22(25)28-7-3)18-11-12-19-13-15-20(26-4)16-14-19/h11-16H,5-7,10,17-18H2,1-4H3/b12-11+. The zero-order valence-corrected chi connectivity index (χ0v) is 17.2. The van der Waals surface area contributed by atoms with Crippen molar-refractivity contribution >= 4 is 18.0 Å². The predicted molar refractivity (Wildman–Crippen MR) is 110 cm³/mol. The fraction of sp³-hybridized carbons (Fsp3) is 0.478. The summed E-state index contributed by atoms with van der Waals surface area (Å²) in [4.78, 5) is 25.5. The molecule has 1 aromatic carbocycles. The van der Waals surface area contributed by atoms with Crippen LogP contribution in [0.3, 0.4) is 0 Å². The van der Waals surface area contributed by atoms with E-state index >= 15 is 0 Å². The molecule has 0 atom stereocenters. The maximum Gasteiger partial charge on any atom is 0.323 e. The number of hydrogen-bond donors (Lipinski definition) is 0. The van der Waals surface area contributed by atoms with Gasteiger partial charge in [0, 0.05) is 12.8 Å². The molecule has 0 spiro atoms. The smallest absolute Gasteiger partial charge is 0.323 e. The molecule has 0 unspecified atom stereocenters. The van der Waals surface area contributed by atoms with Gasteiger partial charge in [-0.2, -0.15) is 0 Å². The van der Waals surface area contributed by atoms with Crippen LogP contribution in [0.25, 0.3) is 6.08 Å². The van der Waals surface area contributed by atoms with Gasteiger partial charge < -0.3 is 14.2 Å². The Kier molecular flexibility index (Phi) is 10.5. The molecule has 0 fully saturated rings. The molecule has 0 N–H and O–H groups in total. The fourth-order valence-corrected chi connectivity index (χ4v) is 2.70. The first-order valence-corrected chi connectivity index (χ1v) is 9.64. The first-order chi connectivity index (χ1) is 13.5. The summed E-state index contributed by atoms with van der Waals surface area (Å²) in [5.41, 5.74) is -0.453. The minimum absolute atomic E-state index is 0.185. The molecular weight excluding hydrogens is 356 g/mol. The monoisotopic (exact) mass is 386 g/mol. The molecule has 0 aliphatic carbocycles. The zero-order chi connectivity index (χ0) is 20.8. The van der Waals surface area contributed by atoms with Gasteiger partial charge in [0.05, 0.1) is 20.3 Å². The van der Waals surface area contributed by atoms with Crippen molar-refractivity contribution in [2.24, 2.45) is 5.41 Å². The fourth-order valence-electron chi connectivity index (χ4n) is 2.70. The average molecular weight is 386 g/mol. The van der Waals surface area contributed by atoms with Gasteiger partial charge in [0.1, 0.15) is 5.75 Å². The molecule has 0 aromatic heterocycles. The Labute approximate surface area is 168 Å². The molecule has 0 amide bonds. The summed E-state index contributed by atoms with van der Waals surface area (Å²) in [6, 6.07) is 7.50. The quantitative estimate of drug-likeness (QED) is 0.339. The second kappa shape index (κ2) is 12.6. The summed E-state index contributed by atoms with van der Waals surface area (Å²) >= 11 is 0. The lowest BCUT2D eigenvalue weighted by Crippen LogP contribution is -2.42. The van der Waals surface area contributed by atoms with Gasteiger partial charge in [-0.1, -0.05) is 31.2 Å². The van der Waals surface area contributed by atoms with Crippen molar-refractivity contribution < 1.29 is 23.8 Å². The molecule has 5 heteroatoms. The van der Waals surface area contributed by atoms with Gasteiger partial charge in [0.15, 0.2) is 5.41 Å². The minimum Gasteiger partial charge on any atom is -0.497 e. The van der Waals surface area contributed by atoms with Crippen LogP contribution in [0, 0.1) is 17.3 Å². The number of benzene rings is 1. The number of hydrogen-bond acceptors (Lipinski definition) is 5. The zero-order valence-electron chi connectivity index (χ0n) is 17.2. The van der Waals surface area contributed by atoms with E-state index in [1.54, 1.807) is 21.0 Å². The third-order valence-electron chi connectivity index (χ3n) is 4.20. The molecule has 0 saturated heterocycles. The maximum atomic E-state index is 12.7. The molecule has 0 bridgehead atoms. The van der Waals surface area contributed by atoms with Crippen molar-refractivity contribution in [3.63, 3.8) is 0 Å². The Morgan fingerprint density at radius 2 is 1.61 bits per heavy atom. The van der Waals surface area contributed by atoms with Crippen LogP contribution in [0.1, 0.15) is 52.0 Å². The lowest BCUT2D eigenvalue weighted by molar-refractivity contribution is -0.172. The largest absolute Gasteiger partial charge is 0.497 e. The average Bonchev–Trinajstić information content (AvgIpc) is 2.70. The van der Waals surface area contributed by atoms with Gasteiger partial charge in [-0.3, -0.25) is 9.59 Å². The van der Waals surface area contributed by atoms with Crippen LogP contribution in [0.15, 0.2) is 30.3 Å². The summed E-state index contributed by atoms with van der Waals surface area (Å²) in [6.45, 7) is 5.79.